The Hall–Kier alpha value is -1.47. The average molecular weight is 293 g/mol. The number of methoxy groups -OCH3 is 2. The standard InChI is InChI=1S/C13H18F3NO3/c1-8-4-11(18-2)12(19-3)5-9(8)10(17)6-20-7-13(14,15)16/h4-5,10H,6-7,17H2,1-3H3. The predicted molar refractivity (Wildman–Crippen MR) is 68.1 cm³/mol. The molecule has 2 N–H and O–H groups in total. The molecule has 0 aliphatic heterocycles. The highest BCUT2D eigenvalue weighted by Crippen LogP contribution is 2.32. The van der Waals surface area contributed by atoms with Gasteiger partial charge in [0.15, 0.2) is 11.5 Å². The normalized spacial score (nSPS) is 13.2. The van der Waals surface area contributed by atoms with Crippen LogP contribution in [0.15, 0.2) is 12.1 Å². The molecule has 4 nitrogen and oxygen atoms in total. The van der Waals surface area contributed by atoms with Gasteiger partial charge in [0.2, 0.25) is 0 Å². The molecule has 0 heterocycles. The maximum atomic E-state index is 12.0. The lowest BCUT2D eigenvalue weighted by atomic mass is 10.0. The van der Waals surface area contributed by atoms with E-state index in [1.165, 1.54) is 14.2 Å². The zero-order valence-corrected chi connectivity index (χ0v) is 11.6. The topological polar surface area (TPSA) is 53.7 Å². The van der Waals surface area contributed by atoms with Crippen LogP contribution in [-0.2, 0) is 4.74 Å². The summed E-state index contributed by atoms with van der Waals surface area (Å²) >= 11 is 0. The molecule has 1 rings (SSSR count). The van der Waals surface area contributed by atoms with Crippen LogP contribution in [0.2, 0.25) is 0 Å². The Kier molecular flexibility index (Phi) is 5.64. The highest BCUT2D eigenvalue weighted by atomic mass is 19.4. The molecule has 20 heavy (non-hydrogen) atoms. The van der Waals surface area contributed by atoms with Crippen LogP contribution in [0.3, 0.4) is 0 Å². The van der Waals surface area contributed by atoms with Gasteiger partial charge in [0, 0.05) is 0 Å². The minimum atomic E-state index is -4.35. The van der Waals surface area contributed by atoms with Gasteiger partial charge in [-0.1, -0.05) is 0 Å². The van der Waals surface area contributed by atoms with Crippen molar-refractivity contribution < 1.29 is 27.4 Å². The van der Waals surface area contributed by atoms with Gasteiger partial charge in [-0.2, -0.15) is 13.2 Å². The number of aryl methyl sites for hydroxylation is 1. The summed E-state index contributed by atoms with van der Waals surface area (Å²) in [6.45, 7) is 0.254. The van der Waals surface area contributed by atoms with Gasteiger partial charge in [-0.05, 0) is 30.2 Å². The van der Waals surface area contributed by atoms with Gasteiger partial charge in [0.25, 0.3) is 0 Å². The molecule has 1 aromatic carbocycles. The summed E-state index contributed by atoms with van der Waals surface area (Å²) in [5, 5.41) is 0. The third kappa shape index (κ3) is 4.57. The molecule has 0 saturated carbocycles. The maximum absolute atomic E-state index is 12.0. The van der Waals surface area contributed by atoms with Crippen LogP contribution in [-0.4, -0.2) is 33.6 Å². The van der Waals surface area contributed by atoms with Crippen LogP contribution in [0.4, 0.5) is 13.2 Å². The first-order chi connectivity index (χ1) is 9.28. The monoisotopic (exact) mass is 293 g/mol. The molecule has 1 atom stereocenters. The number of halogens is 3. The number of nitrogens with two attached hydrogens (primary N) is 1. The summed E-state index contributed by atoms with van der Waals surface area (Å²) in [5.41, 5.74) is 7.31. The lowest BCUT2D eigenvalue weighted by Gasteiger charge is -2.18. The highest BCUT2D eigenvalue weighted by molar-refractivity contribution is 5.48. The number of hydrogen-bond acceptors (Lipinski definition) is 4. The second kappa shape index (κ2) is 6.81. The van der Waals surface area contributed by atoms with Gasteiger partial charge in [-0.15, -0.1) is 0 Å². The Labute approximate surface area is 115 Å². The van der Waals surface area contributed by atoms with Gasteiger partial charge in [-0.25, -0.2) is 0 Å². The molecule has 1 aromatic rings. The zero-order valence-electron chi connectivity index (χ0n) is 11.6. The van der Waals surface area contributed by atoms with Crippen molar-refractivity contribution >= 4 is 0 Å². The number of rotatable bonds is 6. The number of alkyl halides is 3. The lowest BCUT2D eigenvalue weighted by molar-refractivity contribution is -0.174. The number of hydrogen-bond donors (Lipinski definition) is 1. The number of ether oxygens (including phenoxy) is 3. The molecule has 7 heteroatoms. The quantitative estimate of drug-likeness (QED) is 0.876. The third-order valence-corrected chi connectivity index (χ3v) is 2.73. The second-order valence-corrected chi connectivity index (χ2v) is 4.30. The summed E-state index contributed by atoms with van der Waals surface area (Å²) < 4.78 is 50.9. The Bertz CT molecular complexity index is 449. The Morgan fingerprint density at radius 1 is 1.15 bits per heavy atom. The van der Waals surface area contributed by atoms with Crippen LogP contribution in [0, 0.1) is 6.92 Å². The molecule has 0 spiro atoms. The van der Waals surface area contributed by atoms with Crippen molar-refractivity contribution in [1.82, 2.24) is 0 Å². The van der Waals surface area contributed by atoms with Crippen molar-refractivity contribution in [2.24, 2.45) is 5.73 Å². The fourth-order valence-electron chi connectivity index (χ4n) is 1.79. The smallest absolute Gasteiger partial charge is 0.411 e. The van der Waals surface area contributed by atoms with Crippen LogP contribution < -0.4 is 15.2 Å². The molecule has 0 fully saturated rings. The van der Waals surface area contributed by atoms with Crippen molar-refractivity contribution in [3.05, 3.63) is 23.3 Å². The molecule has 0 aliphatic carbocycles. The predicted octanol–water partition coefficient (Wildman–Crippen LogP) is 2.59. The van der Waals surface area contributed by atoms with Crippen molar-refractivity contribution in [3.63, 3.8) is 0 Å². The van der Waals surface area contributed by atoms with Crippen molar-refractivity contribution in [2.45, 2.75) is 19.1 Å². The van der Waals surface area contributed by atoms with E-state index in [9.17, 15) is 13.2 Å². The van der Waals surface area contributed by atoms with E-state index in [4.69, 9.17) is 15.2 Å². The van der Waals surface area contributed by atoms with E-state index in [1.807, 2.05) is 0 Å². The summed E-state index contributed by atoms with van der Waals surface area (Å²) in [7, 11) is 2.98. The molecular formula is C13H18F3NO3. The van der Waals surface area contributed by atoms with Crippen molar-refractivity contribution in [1.29, 1.82) is 0 Å². The first kappa shape index (κ1) is 16.6. The fourth-order valence-corrected chi connectivity index (χ4v) is 1.79. The van der Waals surface area contributed by atoms with E-state index in [2.05, 4.69) is 4.74 Å². The summed E-state index contributed by atoms with van der Waals surface area (Å²) in [4.78, 5) is 0. The second-order valence-electron chi connectivity index (χ2n) is 4.30. The molecule has 0 amide bonds. The summed E-state index contributed by atoms with van der Waals surface area (Å²) in [6.07, 6.45) is -4.35. The zero-order chi connectivity index (χ0) is 15.3. The molecule has 0 bridgehead atoms. The van der Waals surface area contributed by atoms with Crippen LogP contribution in [0.5, 0.6) is 11.5 Å². The van der Waals surface area contributed by atoms with E-state index in [1.54, 1.807) is 19.1 Å². The summed E-state index contributed by atoms with van der Waals surface area (Å²) in [6, 6.07) is 2.70. The molecule has 1 unspecified atom stereocenters. The van der Waals surface area contributed by atoms with Gasteiger partial charge >= 0.3 is 6.18 Å². The van der Waals surface area contributed by atoms with Crippen molar-refractivity contribution in [2.75, 3.05) is 27.4 Å². The molecule has 0 saturated heterocycles. The van der Waals surface area contributed by atoms with E-state index in [0.717, 1.165) is 5.56 Å². The Morgan fingerprint density at radius 2 is 1.70 bits per heavy atom. The molecule has 0 aromatic heterocycles. The first-order valence-electron chi connectivity index (χ1n) is 5.91. The van der Waals surface area contributed by atoms with Gasteiger partial charge in [0.05, 0.1) is 26.9 Å². The molecular weight excluding hydrogens is 275 g/mol. The lowest BCUT2D eigenvalue weighted by Crippen LogP contribution is -2.23. The van der Waals surface area contributed by atoms with Gasteiger partial charge in [-0.3, -0.25) is 0 Å². The largest absolute Gasteiger partial charge is 0.493 e. The van der Waals surface area contributed by atoms with Gasteiger partial charge in [0.1, 0.15) is 6.61 Å². The Balaban J connectivity index is 2.79. The molecule has 0 radical (unpaired) electrons. The first-order valence-corrected chi connectivity index (χ1v) is 5.91. The fraction of sp³-hybridized carbons (Fsp3) is 0.538. The highest BCUT2D eigenvalue weighted by Gasteiger charge is 2.28. The third-order valence-electron chi connectivity index (χ3n) is 2.73. The number of benzene rings is 1. The minimum Gasteiger partial charge on any atom is -0.493 e. The van der Waals surface area contributed by atoms with Crippen LogP contribution in [0.25, 0.3) is 0 Å². The Morgan fingerprint density at radius 3 is 2.20 bits per heavy atom. The van der Waals surface area contributed by atoms with E-state index >= 15 is 0 Å². The van der Waals surface area contributed by atoms with E-state index in [0.29, 0.717) is 17.1 Å². The van der Waals surface area contributed by atoms with Crippen molar-refractivity contribution in [3.8, 4) is 11.5 Å². The molecule has 0 aliphatic rings. The minimum absolute atomic E-state index is 0.226. The average Bonchev–Trinajstić information content (AvgIpc) is 2.36. The van der Waals surface area contributed by atoms with E-state index in [-0.39, 0.29) is 6.61 Å². The van der Waals surface area contributed by atoms with Gasteiger partial charge < -0.3 is 19.9 Å². The SMILES string of the molecule is COc1cc(C)c(C(N)COCC(F)(F)F)cc1OC. The van der Waals surface area contributed by atoms with Crippen LogP contribution >= 0.6 is 0 Å². The van der Waals surface area contributed by atoms with E-state index < -0.39 is 18.8 Å². The van der Waals surface area contributed by atoms with Crippen LogP contribution in [0.1, 0.15) is 17.2 Å². The summed E-state index contributed by atoms with van der Waals surface area (Å²) in [5.74, 6) is 1.01. The molecule has 114 valence electrons. The maximum Gasteiger partial charge on any atom is 0.411 e.